The second kappa shape index (κ2) is 6.67. The molecule has 3 N–H and O–H groups in total. The van der Waals surface area contributed by atoms with Crippen LogP contribution in [0, 0.1) is 5.82 Å². The summed E-state index contributed by atoms with van der Waals surface area (Å²) >= 11 is 7.24. The molecule has 130 valence electrons. The van der Waals surface area contributed by atoms with Crippen LogP contribution in [0.25, 0.3) is 21.8 Å². The summed E-state index contributed by atoms with van der Waals surface area (Å²) in [4.78, 5) is 13.3. The molecule has 3 rings (SSSR count). The summed E-state index contributed by atoms with van der Waals surface area (Å²) in [5.74, 6) is -0.539. The number of anilines is 1. The Morgan fingerprint density at radius 3 is 2.72 bits per heavy atom. The highest BCUT2D eigenvalue weighted by Crippen LogP contribution is 2.41. The minimum absolute atomic E-state index is 0.0418. The predicted molar refractivity (Wildman–Crippen MR) is 98.1 cm³/mol. The number of nitrogen functional groups attached to an aromatic ring is 1. The summed E-state index contributed by atoms with van der Waals surface area (Å²) in [6.07, 6.45) is 1.53. The second-order valence-electron chi connectivity index (χ2n) is 6.16. The lowest BCUT2D eigenvalue weighted by Gasteiger charge is -2.17. The van der Waals surface area contributed by atoms with Crippen LogP contribution in [0.4, 0.5) is 10.1 Å². The van der Waals surface area contributed by atoms with E-state index in [1.165, 1.54) is 23.6 Å². The zero-order valence-electron chi connectivity index (χ0n) is 13.6. The number of aliphatic hydroxyl groups excluding tert-OH is 1. The molecule has 0 unspecified atom stereocenters. The fourth-order valence-electron chi connectivity index (χ4n) is 2.23. The molecule has 0 saturated carbocycles. The number of aliphatic hydroxyl groups is 1. The Morgan fingerprint density at radius 1 is 1.28 bits per heavy atom. The van der Waals surface area contributed by atoms with E-state index in [-0.39, 0.29) is 23.1 Å². The molecule has 0 fully saturated rings. The number of hydrogen-bond acceptors (Lipinski definition) is 6. The van der Waals surface area contributed by atoms with Crippen LogP contribution in [0.3, 0.4) is 0 Å². The predicted octanol–water partition coefficient (Wildman–Crippen LogP) is 3.91. The van der Waals surface area contributed by atoms with Crippen LogP contribution >= 0.6 is 22.9 Å². The molecule has 0 radical (unpaired) electrons. The van der Waals surface area contributed by atoms with Gasteiger partial charge in [-0.3, -0.25) is 0 Å². The molecule has 8 heteroatoms. The van der Waals surface area contributed by atoms with Gasteiger partial charge in [0.15, 0.2) is 5.82 Å². The van der Waals surface area contributed by atoms with Crippen molar-refractivity contribution < 1.29 is 9.50 Å². The fourth-order valence-corrected chi connectivity index (χ4v) is 3.52. The van der Waals surface area contributed by atoms with Gasteiger partial charge in [0.1, 0.15) is 5.01 Å². The second-order valence-corrected chi connectivity index (χ2v) is 7.50. The first-order valence-electron chi connectivity index (χ1n) is 7.49. The zero-order valence-corrected chi connectivity index (χ0v) is 15.2. The van der Waals surface area contributed by atoms with Gasteiger partial charge in [0.05, 0.1) is 28.6 Å². The number of aromatic nitrogens is 3. The molecule has 0 aliphatic rings. The van der Waals surface area contributed by atoms with Crippen LogP contribution in [0.2, 0.25) is 5.28 Å². The average molecular weight is 379 g/mol. The van der Waals surface area contributed by atoms with E-state index in [0.29, 0.717) is 21.3 Å². The number of benzene rings is 1. The highest BCUT2D eigenvalue weighted by molar-refractivity contribution is 7.15. The van der Waals surface area contributed by atoms with Crippen molar-refractivity contribution in [1.82, 2.24) is 15.0 Å². The van der Waals surface area contributed by atoms with E-state index in [0.717, 1.165) is 0 Å². The lowest BCUT2D eigenvalue weighted by molar-refractivity contribution is 0.218. The quantitative estimate of drug-likeness (QED) is 0.531. The number of hydrogen-bond donors (Lipinski definition) is 2. The van der Waals surface area contributed by atoms with Gasteiger partial charge in [0, 0.05) is 17.2 Å². The normalized spacial score (nSPS) is 11.7. The van der Waals surface area contributed by atoms with Gasteiger partial charge in [0.2, 0.25) is 5.28 Å². The largest absolute Gasteiger partial charge is 0.396 e. The van der Waals surface area contributed by atoms with Gasteiger partial charge >= 0.3 is 0 Å². The molecule has 0 aliphatic heterocycles. The van der Waals surface area contributed by atoms with Crippen LogP contribution in [0.5, 0.6) is 0 Å². The van der Waals surface area contributed by atoms with Crippen molar-refractivity contribution in [1.29, 1.82) is 0 Å². The van der Waals surface area contributed by atoms with Crippen molar-refractivity contribution in [3.63, 3.8) is 0 Å². The molecular weight excluding hydrogens is 363 g/mol. The molecule has 0 saturated heterocycles. The average Bonchev–Trinajstić information content (AvgIpc) is 3.03. The van der Waals surface area contributed by atoms with Gasteiger partial charge in [-0.1, -0.05) is 19.9 Å². The van der Waals surface area contributed by atoms with Crippen molar-refractivity contribution in [3.05, 3.63) is 46.6 Å². The number of nitrogens with zero attached hydrogens (tertiary/aromatic N) is 3. The maximum atomic E-state index is 14.6. The zero-order chi connectivity index (χ0) is 18.2. The number of rotatable bonds is 4. The van der Waals surface area contributed by atoms with Crippen molar-refractivity contribution in [2.45, 2.75) is 19.3 Å². The lowest BCUT2D eigenvalue weighted by Crippen LogP contribution is -2.21. The Labute approximate surface area is 153 Å². The van der Waals surface area contributed by atoms with Gasteiger partial charge in [-0.15, -0.1) is 11.3 Å². The Balaban J connectivity index is 2.28. The smallest absolute Gasteiger partial charge is 0.222 e. The third-order valence-corrected chi connectivity index (χ3v) is 5.37. The molecule has 3 aromatic rings. The van der Waals surface area contributed by atoms with E-state index in [4.69, 9.17) is 17.3 Å². The highest BCUT2D eigenvalue weighted by Gasteiger charge is 2.28. The first-order valence-corrected chi connectivity index (χ1v) is 8.68. The van der Waals surface area contributed by atoms with Crippen LogP contribution in [-0.2, 0) is 5.41 Å². The van der Waals surface area contributed by atoms with E-state index in [1.54, 1.807) is 18.2 Å². The molecule has 2 aromatic heterocycles. The molecule has 5 nitrogen and oxygen atoms in total. The molecular formula is C17H16ClFN4OS. The van der Waals surface area contributed by atoms with E-state index in [1.807, 2.05) is 13.8 Å². The number of thiazole rings is 1. The maximum Gasteiger partial charge on any atom is 0.222 e. The number of halogens is 2. The minimum atomic E-state index is -0.578. The minimum Gasteiger partial charge on any atom is -0.396 e. The van der Waals surface area contributed by atoms with Gasteiger partial charge in [-0.2, -0.15) is 0 Å². The molecule has 0 bridgehead atoms. The van der Waals surface area contributed by atoms with Crippen LogP contribution in [0.1, 0.15) is 18.9 Å². The Hall–Kier alpha value is -2.09. The van der Waals surface area contributed by atoms with E-state index >= 15 is 0 Å². The molecule has 0 aliphatic carbocycles. The van der Waals surface area contributed by atoms with Crippen molar-refractivity contribution >= 4 is 28.6 Å². The SMILES string of the molecule is CC(C)(CO)c1nc(-c2cccc(N)c2F)c(-c2ccnc(Cl)n2)s1. The first-order chi connectivity index (χ1) is 11.8. The van der Waals surface area contributed by atoms with Crippen molar-refractivity contribution in [2.24, 2.45) is 0 Å². The fraction of sp³-hybridized carbons (Fsp3) is 0.235. The molecule has 2 heterocycles. The first kappa shape index (κ1) is 17.7. The van der Waals surface area contributed by atoms with E-state index in [9.17, 15) is 9.50 Å². The molecule has 0 spiro atoms. The molecule has 1 aromatic carbocycles. The maximum absolute atomic E-state index is 14.6. The summed E-state index contributed by atoms with van der Waals surface area (Å²) in [6.45, 7) is 3.63. The Morgan fingerprint density at radius 2 is 2.04 bits per heavy atom. The Bertz CT molecular complexity index is 929. The summed E-state index contributed by atoms with van der Waals surface area (Å²) in [5, 5.41) is 10.4. The van der Waals surface area contributed by atoms with Gasteiger partial charge in [-0.05, 0) is 29.8 Å². The lowest BCUT2D eigenvalue weighted by atomic mass is 9.96. The van der Waals surface area contributed by atoms with E-state index in [2.05, 4.69) is 15.0 Å². The van der Waals surface area contributed by atoms with Crippen LogP contribution < -0.4 is 5.73 Å². The molecule has 0 atom stereocenters. The summed E-state index contributed by atoms with van der Waals surface area (Å²) < 4.78 is 14.6. The summed E-state index contributed by atoms with van der Waals surface area (Å²) in [7, 11) is 0. The van der Waals surface area contributed by atoms with Gasteiger partial charge < -0.3 is 10.8 Å². The summed E-state index contributed by atoms with van der Waals surface area (Å²) in [6, 6.07) is 6.46. The Kier molecular flexibility index (Phi) is 4.73. The highest BCUT2D eigenvalue weighted by atomic mass is 35.5. The van der Waals surface area contributed by atoms with Crippen molar-refractivity contribution in [3.8, 4) is 21.8 Å². The monoisotopic (exact) mass is 378 g/mol. The van der Waals surface area contributed by atoms with Gasteiger partial charge in [-0.25, -0.2) is 19.3 Å². The molecule has 0 amide bonds. The third-order valence-electron chi connectivity index (χ3n) is 3.74. The van der Waals surface area contributed by atoms with E-state index < -0.39 is 11.2 Å². The molecule has 25 heavy (non-hydrogen) atoms. The standard InChI is InChI=1S/C17H16ClFN4OS/c1-17(2,8-24)15-23-13(9-4-3-5-10(20)12(9)19)14(25-15)11-6-7-21-16(18)22-11/h3-7,24H,8,20H2,1-2H3. The van der Waals surface area contributed by atoms with Gasteiger partial charge in [0.25, 0.3) is 0 Å². The third kappa shape index (κ3) is 3.35. The van der Waals surface area contributed by atoms with Crippen LogP contribution in [0.15, 0.2) is 30.5 Å². The number of nitrogens with two attached hydrogens (primary N) is 1. The summed E-state index contributed by atoms with van der Waals surface area (Å²) in [5.41, 5.74) is 6.40. The van der Waals surface area contributed by atoms with Crippen molar-refractivity contribution in [2.75, 3.05) is 12.3 Å². The topological polar surface area (TPSA) is 84.9 Å². The van der Waals surface area contributed by atoms with Crippen LogP contribution in [-0.4, -0.2) is 26.7 Å².